The van der Waals surface area contributed by atoms with E-state index in [4.69, 9.17) is 0 Å². The van der Waals surface area contributed by atoms with Crippen molar-refractivity contribution in [2.75, 3.05) is 7.05 Å². The summed E-state index contributed by atoms with van der Waals surface area (Å²) in [6.07, 6.45) is 5.09. The molecular weight excluding hydrogens is 268 g/mol. The first-order valence-electron chi connectivity index (χ1n) is 7.24. The van der Waals surface area contributed by atoms with E-state index >= 15 is 0 Å². The van der Waals surface area contributed by atoms with E-state index in [0.29, 0.717) is 12.1 Å². The Morgan fingerprint density at radius 1 is 1.35 bits per heavy atom. The number of rotatable bonds is 7. The highest BCUT2D eigenvalue weighted by atomic mass is 32.1. The van der Waals surface area contributed by atoms with Gasteiger partial charge in [-0.05, 0) is 33.4 Å². The second-order valence-electron chi connectivity index (χ2n) is 5.30. The van der Waals surface area contributed by atoms with Gasteiger partial charge in [0.25, 0.3) is 0 Å². The molecule has 1 N–H and O–H groups in total. The Kier molecular flexibility index (Phi) is 5.31. The third-order valence-corrected chi connectivity index (χ3v) is 4.51. The fraction of sp³-hybridized carbons (Fsp3) is 0.600. The molecule has 0 saturated carbocycles. The summed E-state index contributed by atoms with van der Waals surface area (Å²) in [5, 5.41) is 11.3. The monoisotopic (exact) mass is 292 g/mol. The number of likely N-dealkylation sites (N-methyl/N-ethyl adjacent to an activating group) is 1. The molecule has 2 aromatic heterocycles. The van der Waals surface area contributed by atoms with E-state index in [-0.39, 0.29) is 0 Å². The van der Waals surface area contributed by atoms with Gasteiger partial charge in [-0.25, -0.2) is 4.98 Å². The molecule has 2 heterocycles. The zero-order chi connectivity index (χ0) is 14.5. The largest absolute Gasteiger partial charge is 0.316 e. The van der Waals surface area contributed by atoms with Gasteiger partial charge in [-0.2, -0.15) is 5.10 Å². The van der Waals surface area contributed by atoms with Crippen LogP contribution >= 0.6 is 11.3 Å². The molecule has 0 fully saturated rings. The molecule has 0 aliphatic heterocycles. The Morgan fingerprint density at radius 3 is 2.70 bits per heavy atom. The van der Waals surface area contributed by atoms with Crippen LogP contribution in [0.5, 0.6) is 0 Å². The fourth-order valence-electron chi connectivity index (χ4n) is 2.20. The molecule has 0 amide bonds. The Bertz CT molecular complexity index is 531. The Balaban J connectivity index is 1.97. The van der Waals surface area contributed by atoms with Gasteiger partial charge in [0.05, 0.1) is 16.4 Å². The number of aryl methyl sites for hydroxylation is 1. The maximum atomic E-state index is 4.67. The number of nitrogens with one attached hydrogen (secondary N) is 1. The van der Waals surface area contributed by atoms with Crippen molar-refractivity contribution in [3.8, 4) is 0 Å². The van der Waals surface area contributed by atoms with Gasteiger partial charge in [0.1, 0.15) is 0 Å². The second kappa shape index (κ2) is 6.99. The molecule has 0 aliphatic rings. The zero-order valence-electron chi connectivity index (χ0n) is 12.8. The molecule has 5 heteroatoms. The lowest BCUT2D eigenvalue weighted by Gasteiger charge is -2.14. The molecular formula is C15H24N4S. The first kappa shape index (κ1) is 15.2. The summed E-state index contributed by atoms with van der Waals surface area (Å²) in [6, 6.07) is 2.98. The van der Waals surface area contributed by atoms with Crippen molar-refractivity contribution in [3.63, 3.8) is 0 Å². The molecule has 2 atom stereocenters. The Hall–Kier alpha value is -1.20. The van der Waals surface area contributed by atoms with E-state index in [2.05, 4.69) is 58.5 Å². The van der Waals surface area contributed by atoms with Gasteiger partial charge in [0, 0.05) is 36.5 Å². The van der Waals surface area contributed by atoms with Crippen LogP contribution in [0.4, 0.5) is 0 Å². The van der Waals surface area contributed by atoms with Gasteiger partial charge in [-0.3, -0.25) is 4.68 Å². The normalized spacial score (nSPS) is 14.4. The number of nitrogens with zero attached hydrogens (tertiary/aromatic N) is 3. The predicted octanol–water partition coefficient (Wildman–Crippen LogP) is 2.99. The first-order valence-corrected chi connectivity index (χ1v) is 8.12. The summed E-state index contributed by atoms with van der Waals surface area (Å²) >= 11 is 1.72. The van der Waals surface area contributed by atoms with Crippen LogP contribution < -0.4 is 5.32 Å². The molecule has 2 unspecified atom stereocenters. The maximum absolute atomic E-state index is 4.67. The van der Waals surface area contributed by atoms with E-state index in [0.717, 1.165) is 30.0 Å². The predicted molar refractivity (Wildman–Crippen MR) is 84.3 cm³/mol. The Morgan fingerprint density at radius 2 is 2.10 bits per heavy atom. The molecule has 0 radical (unpaired) electrons. The molecule has 4 nitrogen and oxygen atoms in total. The Labute approximate surface area is 125 Å². The van der Waals surface area contributed by atoms with Crippen molar-refractivity contribution in [1.82, 2.24) is 20.1 Å². The number of thiazole rings is 1. The van der Waals surface area contributed by atoms with Gasteiger partial charge >= 0.3 is 0 Å². The average molecular weight is 292 g/mol. The third kappa shape index (κ3) is 3.90. The summed E-state index contributed by atoms with van der Waals surface area (Å²) in [4.78, 5) is 4.54. The quantitative estimate of drug-likeness (QED) is 0.853. The summed E-state index contributed by atoms with van der Waals surface area (Å²) in [7, 11) is 2.01. The molecule has 20 heavy (non-hydrogen) atoms. The molecule has 0 saturated heterocycles. The van der Waals surface area contributed by atoms with Gasteiger partial charge in [0.2, 0.25) is 0 Å². The highest BCUT2D eigenvalue weighted by Crippen LogP contribution is 2.13. The summed E-state index contributed by atoms with van der Waals surface area (Å²) in [5.74, 6) is 0. The fourth-order valence-corrected chi connectivity index (χ4v) is 2.83. The second-order valence-corrected chi connectivity index (χ2v) is 6.36. The summed E-state index contributed by atoms with van der Waals surface area (Å²) < 4.78 is 2.06. The van der Waals surface area contributed by atoms with E-state index in [9.17, 15) is 0 Å². The minimum Gasteiger partial charge on any atom is -0.316 e. The van der Waals surface area contributed by atoms with Gasteiger partial charge in [-0.1, -0.05) is 6.92 Å². The lowest BCUT2D eigenvalue weighted by atomic mass is 10.1. The SMILES string of the molecule is CCC(C)n1ccc(CC(Cc2csc(C)n2)NC)n1. The van der Waals surface area contributed by atoms with Crippen molar-refractivity contribution in [2.45, 2.75) is 52.1 Å². The first-order chi connectivity index (χ1) is 9.62. The van der Waals surface area contributed by atoms with E-state index in [1.807, 2.05) is 7.05 Å². The number of hydrogen-bond donors (Lipinski definition) is 1. The van der Waals surface area contributed by atoms with Gasteiger partial charge < -0.3 is 5.32 Å². The number of aromatic nitrogens is 3. The van der Waals surface area contributed by atoms with E-state index in [1.165, 1.54) is 5.69 Å². The molecule has 110 valence electrons. The van der Waals surface area contributed by atoms with Crippen molar-refractivity contribution < 1.29 is 0 Å². The van der Waals surface area contributed by atoms with Gasteiger partial charge in [0.15, 0.2) is 0 Å². The van der Waals surface area contributed by atoms with Crippen molar-refractivity contribution in [3.05, 3.63) is 34.0 Å². The highest BCUT2D eigenvalue weighted by Gasteiger charge is 2.13. The van der Waals surface area contributed by atoms with Crippen LogP contribution in [0.3, 0.4) is 0 Å². The molecule has 0 bridgehead atoms. The van der Waals surface area contributed by atoms with Crippen LogP contribution in [0.25, 0.3) is 0 Å². The van der Waals surface area contributed by atoms with Crippen LogP contribution in [-0.2, 0) is 12.8 Å². The van der Waals surface area contributed by atoms with Crippen LogP contribution in [0.2, 0.25) is 0 Å². The summed E-state index contributed by atoms with van der Waals surface area (Å²) in [5.41, 5.74) is 2.32. The topological polar surface area (TPSA) is 42.7 Å². The smallest absolute Gasteiger partial charge is 0.0897 e. The molecule has 2 aromatic rings. The maximum Gasteiger partial charge on any atom is 0.0897 e. The van der Waals surface area contributed by atoms with Crippen molar-refractivity contribution in [2.24, 2.45) is 0 Å². The van der Waals surface area contributed by atoms with Crippen LogP contribution in [0.1, 0.15) is 42.7 Å². The van der Waals surface area contributed by atoms with Crippen LogP contribution in [0, 0.1) is 6.92 Å². The molecule has 0 spiro atoms. The lowest BCUT2D eigenvalue weighted by molar-refractivity contribution is 0.467. The van der Waals surface area contributed by atoms with Gasteiger partial charge in [-0.15, -0.1) is 11.3 Å². The van der Waals surface area contributed by atoms with Crippen molar-refractivity contribution in [1.29, 1.82) is 0 Å². The summed E-state index contributed by atoms with van der Waals surface area (Å²) in [6.45, 7) is 6.44. The molecule has 0 aliphatic carbocycles. The van der Waals surface area contributed by atoms with E-state index < -0.39 is 0 Å². The van der Waals surface area contributed by atoms with Crippen molar-refractivity contribution >= 4 is 11.3 Å². The number of hydrogen-bond acceptors (Lipinski definition) is 4. The standard InChI is InChI=1S/C15H24N4S/c1-5-11(2)19-7-6-13(18-19)8-14(16-4)9-15-10-20-12(3)17-15/h6-7,10-11,14,16H,5,8-9H2,1-4H3. The average Bonchev–Trinajstić information content (AvgIpc) is 3.06. The zero-order valence-corrected chi connectivity index (χ0v) is 13.6. The molecule has 0 aromatic carbocycles. The van der Waals surface area contributed by atoms with E-state index in [1.54, 1.807) is 11.3 Å². The lowest BCUT2D eigenvalue weighted by Crippen LogP contribution is -2.30. The van der Waals surface area contributed by atoms with Crippen LogP contribution in [-0.4, -0.2) is 27.9 Å². The molecule has 2 rings (SSSR count). The minimum absolute atomic E-state index is 0.386. The highest BCUT2D eigenvalue weighted by molar-refractivity contribution is 7.09. The third-order valence-electron chi connectivity index (χ3n) is 3.69. The minimum atomic E-state index is 0.386. The van der Waals surface area contributed by atoms with Crippen LogP contribution in [0.15, 0.2) is 17.6 Å².